The number of ether oxygens (including phenoxy) is 1. The van der Waals surface area contributed by atoms with Gasteiger partial charge in [-0.2, -0.15) is 5.10 Å². The van der Waals surface area contributed by atoms with Gasteiger partial charge in [0, 0.05) is 51.1 Å². The molecule has 5 heteroatoms. The van der Waals surface area contributed by atoms with Gasteiger partial charge < -0.3 is 10.5 Å². The number of methoxy groups -OCH3 is 1. The van der Waals surface area contributed by atoms with Gasteiger partial charge in [0.1, 0.15) is 0 Å². The molecular formula is C13H24N4O. The van der Waals surface area contributed by atoms with Crippen LogP contribution < -0.4 is 5.73 Å². The minimum Gasteiger partial charge on any atom is -0.381 e. The van der Waals surface area contributed by atoms with Crippen LogP contribution in [0.3, 0.4) is 0 Å². The van der Waals surface area contributed by atoms with Gasteiger partial charge in [0.2, 0.25) is 0 Å². The summed E-state index contributed by atoms with van der Waals surface area (Å²) in [5, 5.41) is 4.32. The Labute approximate surface area is 109 Å². The second kappa shape index (κ2) is 6.31. The van der Waals surface area contributed by atoms with Crippen LogP contribution in [0, 0.1) is 0 Å². The van der Waals surface area contributed by atoms with E-state index in [2.05, 4.69) is 23.1 Å². The Morgan fingerprint density at radius 3 is 3.00 bits per heavy atom. The zero-order valence-electron chi connectivity index (χ0n) is 11.4. The number of aromatic nitrogens is 2. The van der Waals surface area contributed by atoms with Crippen LogP contribution in [0.15, 0.2) is 12.4 Å². The molecule has 0 aliphatic carbocycles. The summed E-state index contributed by atoms with van der Waals surface area (Å²) in [7, 11) is 1.79. The van der Waals surface area contributed by atoms with Crippen molar-refractivity contribution in [2.75, 3.05) is 20.2 Å². The molecule has 18 heavy (non-hydrogen) atoms. The third-order valence-electron chi connectivity index (χ3n) is 3.79. The van der Waals surface area contributed by atoms with Crippen molar-refractivity contribution in [3.8, 4) is 0 Å². The molecule has 0 aromatic carbocycles. The molecule has 2 unspecified atom stereocenters. The molecule has 1 aromatic rings. The zero-order valence-corrected chi connectivity index (χ0v) is 11.4. The second-order valence-electron chi connectivity index (χ2n) is 4.95. The van der Waals surface area contributed by atoms with E-state index in [1.54, 1.807) is 7.11 Å². The minimum absolute atomic E-state index is 0.369. The first kappa shape index (κ1) is 13.5. The fourth-order valence-corrected chi connectivity index (χ4v) is 2.63. The molecule has 102 valence electrons. The maximum atomic E-state index is 5.88. The zero-order chi connectivity index (χ0) is 13.0. The van der Waals surface area contributed by atoms with E-state index >= 15 is 0 Å². The molecule has 0 amide bonds. The van der Waals surface area contributed by atoms with Crippen molar-refractivity contribution in [3.05, 3.63) is 18.0 Å². The molecule has 1 saturated heterocycles. The van der Waals surface area contributed by atoms with E-state index in [9.17, 15) is 0 Å². The highest BCUT2D eigenvalue weighted by Crippen LogP contribution is 2.21. The van der Waals surface area contributed by atoms with E-state index in [1.165, 1.54) is 5.56 Å². The summed E-state index contributed by atoms with van der Waals surface area (Å²) in [6, 6.07) is 0.425. The Bertz CT molecular complexity index is 366. The van der Waals surface area contributed by atoms with Crippen molar-refractivity contribution in [2.45, 2.75) is 45.0 Å². The molecule has 1 aliphatic rings. The summed E-state index contributed by atoms with van der Waals surface area (Å²) in [6.07, 6.45) is 6.58. The third kappa shape index (κ3) is 3.10. The predicted octanol–water partition coefficient (Wildman–Crippen LogP) is 0.841. The lowest BCUT2D eigenvalue weighted by Crippen LogP contribution is -2.47. The van der Waals surface area contributed by atoms with Crippen LogP contribution >= 0.6 is 0 Å². The third-order valence-corrected chi connectivity index (χ3v) is 3.79. The van der Waals surface area contributed by atoms with Gasteiger partial charge in [0.25, 0.3) is 0 Å². The average Bonchev–Trinajstić information content (AvgIpc) is 2.87. The maximum Gasteiger partial charge on any atom is 0.0599 e. The van der Waals surface area contributed by atoms with Crippen LogP contribution in [0.4, 0.5) is 0 Å². The highest BCUT2D eigenvalue weighted by atomic mass is 16.5. The highest BCUT2D eigenvalue weighted by molar-refractivity contribution is 5.04. The fraction of sp³-hybridized carbons (Fsp3) is 0.769. The topological polar surface area (TPSA) is 56.3 Å². The largest absolute Gasteiger partial charge is 0.381 e. The number of aryl methyl sites for hydroxylation is 1. The Morgan fingerprint density at radius 1 is 1.56 bits per heavy atom. The number of rotatable bonds is 5. The standard InChI is InChI=1S/C13H24N4O/c1-3-17-10-11(8-15-17)9-16-5-4-13(18-2)6-12(16)7-14/h8,10,12-13H,3-7,9,14H2,1-2H3. The number of nitrogens with zero attached hydrogens (tertiary/aromatic N) is 3. The van der Waals surface area contributed by atoms with Crippen molar-refractivity contribution in [3.63, 3.8) is 0 Å². The van der Waals surface area contributed by atoms with Gasteiger partial charge in [-0.15, -0.1) is 0 Å². The molecule has 1 aliphatic heterocycles. The number of likely N-dealkylation sites (tertiary alicyclic amines) is 1. The lowest BCUT2D eigenvalue weighted by Gasteiger charge is -2.38. The Morgan fingerprint density at radius 2 is 2.39 bits per heavy atom. The van der Waals surface area contributed by atoms with E-state index in [-0.39, 0.29) is 0 Å². The van der Waals surface area contributed by atoms with E-state index in [0.29, 0.717) is 18.7 Å². The molecule has 2 atom stereocenters. The molecule has 0 bridgehead atoms. The molecule has 2 heterocycles. The van der Waals surface area contributed by atoms with Crippen LogP contribution in [0.5, 0.6) is 0 Å². The van der Waals surface area contributed by atoms with Crippen molar-refractivity contribution in [2.24, 2.45) is 5.73 Å². The fourth-order valence-electron chi connectivity index (χ4n) is 2.63. The number of hydrogen-bond donors (Lipinski definition) is 1. The first-order chi connectivity index (χ1) is 8.76. The van der Waals surface area contributed by atoms with Gasteiger partial charge in [-0.05, 0) is 19.8 Å². The maximum absolute atomic E-state index is 5.88. The van der Waals surface area contributed by atoms with E-state index < -0.39 is 0 Å². The molecule has 5 nitrogen and oxygen atoms in total. The van der Waals surface area contributed by atoms with Crippen LogP contribution in [0.2, 0.25) is 0 Å². The van der Waals surface area contributed by atoms with Gasteiger partial charge in [-0.3, -0.25) is 9.58 Å². The lowest BCUT2D eigenvalue weighted by molar-refractivity contribution is 0.0102. The summed E-state index contributed by atoms with van der Waals surface area (Å²) >= 11 is 0. The first-order valence-corrected chi connectivity index (χ1v) is 6.75. The van der Waals surface area contributed by atoms with Gasteiger partial charge in [0.15, 0.2) is 0 Å². The lowest BCUT2D eigenvalue weighted by atomic mass is 9.99. The van der Waals surface area contributed by atoms with Gasteiger partial charge in [-0.25, -0.2) is 0 Å². The van der Waals surface area contributed by atoms with Gasteiger partial charge in [0.05, 0.1) is 12.3 Å². The van der Waals surface area contributed by atoms with E-state index in [4.69, 9.17) is 10.5 Å². The predicted molar refractivity (Wildman–Crippen MR) is 71.2 cm³/mol. The van der Waals surface area contributed by atoms with Crippen molar-refractivity contribution < 1.29 is 4.74 Å². The van der Waals surface area contributed by atoms with Gasteiger partial charge in [-0.1, -0.05) is 0 Å². The van der Waals surface area contributed by atoms with Crippen LogP contribution in [-0.4, -0.2) is 47.0 Å². The number of hydrogen-bond acceptors (Lipinski definition) is 4. The van der Waals surface area contributed by atoms with E-state index in [0.717, 1.165) is 32.5 Å². The van der Waals surface area contributed by atoms with Crippen LogP contribution in [0.25, 0.3) is 0 Å². The Kier molecular flexibility index (Phi) is 4.74. The van der Waals surface area contributed by atoms with Crippen LogP contribution in [0.1, 0.15) is 25.3 Å². The second-order valence-corrected chi connectivity index (χ2v) is 4.95. The summed E-state index contributed by atoms with van der Waals surface area (Å²) in [6.45, 7) is 5.72. The van der Waals surface area contributed by atoms with Gasteiger partial charge >= 0.3 is 0 Å². The summed E-state index contributed by atoms with van der Waals surface area (Å²) < 4.78 is 7.41. The monoisotopic (exact) mass is 252 g/mol. The van der Waals surface area contributed by atoms with Crippen LogP contribution in [-0.2, 0) is 17.8 Å². The summed E-state index contributed by atoms with van der Waals surface area (Å²) in [4.78, 5) is 2.45. The number of piperidine rings is 1. The molecule has 2 rings (SSSR count). The summed E-state index contributed by atoms with van der Waals surface area (Å²) in [5.74, 6) is 0. The smallest absolute Gasteiger partial charge is 0.0599 e. The van der Waals surface area contributed by atoms with Crippen molar-refractivity contribution in [1.29, 1.82) is 0 Å². The molecule has 1 fully saturated rings. The molecule has 1 aromatic heterocycles. The molecular weight excluding hydrogens is 228 g/mol. The quantitative estimate of drug-likeness (QED) is 0.844. The Hall–Kier alpha value is -0.910. The first-order valence-electron chi connectivity index (χ1n) is 6.75. The SMILES string of the molecule is CCn1cc(CN2CCC(OC)CC2CN)cn1. The molecule has 0 saturated carbocycles. The van der Waals surface area contributed by atoms with E-state index in [1.807, 2.05) is 10.9 Å². The number of nitrogens with two attached hydrogens (primary N) is 1. The minimum atomic E-state index is 0.369. The summed E-state index contributed by atoms with van der Waals surface area (Å²) in [5.41, 5.74) is 7.15. The Balaban J connectivity index is 1.95. The van der Waals surface area contributed by atoms with Crippen molar-refractivity contribution >= 4 is 0 Å². The van der Waals surface area contributed by atoms with Crippen molar-refractivity contribution in [1.82, 2.24) is 14.7 Å². The highest BCUT2D eigenvalue weighted by Gasteiger charge is 2.27. The average molecular weight is 252 g/mol. The molecule has 2 N–H and O–H groups in total. The normalized spacial score (nSPS) is 25.5. The molecule has 0 radical (unpaired) electrons. The molecule has 0 spiro atoms.